The highest BCUT2D eigenvalue weighted by atomic mass is 16.6. The molecule has 0 aliphatic heterocycles. The molecule has 7 nitrogen and oxygen atoms in total. The van der Waals surface area contributed by atoms with Crippen molar-refractivity contribution in [2.45, 2.75) is 144 Å². The number of hydrogen-bond acceptors (Lipinski definition) is 6. The van der Waals surface area contributed by atoms with Crippen LogP contribution < -0.4 is 0 Å². The van der Waals surface area contributed by atoms with E-state index in [4.69, 9.17) is 19.7 Å². The molecule has 0 saturated heterocycles. The molecule has 48 heavy (non-hydrogen) atoms. The molecule has 7 saturated carbocycles. The van der Waals surface area contributed by atoms with Gasteiger partial charge in [-0.2, -0.15) is 0 Å². The third kappa shape index (κ3) is 7.52. The quantitative estimate of drug-likeness (QED) is 0.261. The number of ether oxygens (including phenoxy) is 2. The number of aliphatic hydroxyl groups is 1. The van der Waals surface area contributed by atoms with Gasteiger partial charge in [0.05, 0.1) is 23.9 Å². The first kappa shape index (κ1) is 37.6. The lowest BCUT2D eigenvalue weighted by molar-refractivity contribution is -0.172. The molecule has 274 valence electrons. The molecular formula is C41H68O7. The summed E-state index contributed by atoms with van der Waals surface area (Å²) < 4.78 is 11.2. The van der Waals surface area contributed by atoms with E-state index in [2.05, 4.69) is 48.5 Å². The van der Waals surface area contributed by atoms with Gasteiger partial charge >= 0.3 is 17.9 Å². The summed E-state index contributed by atoms with van der Waals surface area (Å²) in [5.41, 5.74) is -0.119. The van der Waals surface area contributed by atoms with Gasteiger partial charge in [-0.05, 0) is 149 Å². The van der Waals surface area contributed by atoms with E-state index in [-0.39, 0.29) is 41.9 Å². The average molecular weight is 673 g/mol. The molecule has 0 aromatic carbocycles. The van der Waals surface area contributed by atoms with Gasteiger partial charge < -0.3 is 19.7 Å². The van der Waals surface area contributed by atoms with Crippen molar-refractivity contribution in [3.63, 3.8) is 0 Å². The Labute approximate surface area is 291 Å². The van der Waals surface area contributed by atoms with E-state index in [1.54, 1.807) is 6.92 Å². The van der Waals surface area contributed by atoms with Gasteiger partial charge in [0.15, 0.2) is 0 Å². The number of rotatable bonds is 7. The molecule has 7 aliphatic carbocycles. The van der Waals surface area contributed by atoms with Crippen LogP contribution in [0.3, 0.4) is 0 Å². The normalized spacial score (nSPS) is 45.1. The van der Waals surface area contributed by atoms with E-state index in [1.165, 1.54) is 38.5 Å². The maximum atomic E-state index is 12.7. The number of carbonyl (C=O) groups is 3. The molecule has 7 rings (SSSR count). The fourth-order valence-corrected chi connectivity index (χ4v) is 12.0. The van der Waals surface area contributed by atoms with E-state index in [0.29, 0.717) is 47.3 Å². The van der Waals surface area contributed by atoms with E-state index in [1.807, 2.05) is 0 Å². The molecule has 16 unspecified atom stereocenters. The maximum absolute atomic E-state index is 12.7. The van der Waals surface area contributed by atoms with Crippen molar-refractivity contribution >= 4 is 17.9 Å². The minimum absolute atomic E-state index is 0.0267. The molecule has 16 atom stereocenters. The van der Waals surface area contributed by atoms with Crippen LogP contribution in [-0.2, 0) is 23.9 Å². The summed E-state index contributed by atoms with van der Waals surface area (Å²) in [5.74, 6) is 7.81. The zero-order chi connectivity index (χ0) is 35.1. The van der Waals surface area contributed by atoms with E-state index in [9.17, 15) is 14.4 Å². The number of hydrogen-bond donors (Lipinski definition) is 2. The molecular weight excluding hydrogens is 604 g/mol. The monoisotopic (exact) mass is 672 g/mol. The Bertz CT molecular complexity index is 1120. The predicted octanol–water partition coefficient (Wildman–Crippen LogP) is 8.41. The SMILES string of the molecule is CC(O)COC(=O)C1CC2CC1C(C)C2C.CC1C2CC(C(=O)O)C(C2)C1C.CCC1(OC(=O)C2CC3CC2C(C)C3C)CCCCC1. The first-order valence-corrected chi connectivity index (χ1v) is 20.0. The lowest BCUT2D eigenvalue weighted by atomic mass is 9.75. The third-order valence-electron chi connectivity index (χ3n) is 15.8. The second-order valence-electron chi connectivity index (χ2n) is 18.0. The van der Waals surface area contributed by atoms with Crippen LogP contribution in [0.1, 0.15) is 132 Å². The number of carbonyl (C=O) groups excluding carboxylic acids is 2. The number of fused-ring (bicyclic) bond motifs is 6. The van der Waals surface area contributed by atoms with Crippen molar-refractivity contribution in [1.29, 1.82) is 0 Å². The van der Waals surface area contributed by atoms with Gasteiger partial charge in [-0.3, -0.25) is 14.4 Å². The van der Waals surface area contributed by atoms with Crippen LogP contribution in [0, 0.1) is 88.8 Å². The highest BCUT2D eigenvalue weighted by Crippen LogP contribution is 2.57. The van der Waals surface area contributed by atoms with Crippen LogP contribution in [0.25, 0.3) is 0 Å². The minimum atomic E-state index is -0.568. The Kier molecular flexibility index (Phi) is 12.0. The highest BCUT2D eigenvalue weighted by molar-refractivity contribution is 5.74. The Morgan fingerprint density at radius 1 is 0.646 bits per heavy atom. The van der Waals surface area contributed by atoms with Gasteiger partial charge in [0.2, 0.25) is 0 Å². The minimum Gasteiger partial charge on any atom is -0.481 e. The molecule has 0 aromatic rings. The summed E-state index contributed by atoms with van der Waals surface area (Å²) in [6.45, 7) is 17.7. The molecule has 0 heterocycles. The first-order chi connectivity index (χ1) is 22.7. The lowest BCUT2D eigenvalue weighted by Gasteiger charge is -2.38. The summed E-state index contributed by atoms with van der Waals surface area (Å²) in [5, 5.41) is 18.0. The second-order valence-corrected chi connectivity index (χ2v) is 18.0. The molecule has 0 amide bonds. The summed E-state index contributed by atoms with van der Waals surface area (Å²) in [6.07, 6.45) is 13.0. The van der Waals surface area contributed by atoms with Crippen LogP contribution in [0.2, 0.25) is 0 Å². The summed E-state index contributed by atoms with van der Waals surface area (Å²) in [7, 11) is 0. The zero-order valence-electron chi connectivity index (χ0n) is 31.4. The summed E-state index contributed by atoms with van der Waals surface area (Å²) >= 11 is 0. The molecule has 6 bridgehead atoms. The van der Waals surface area contributed by atoms with Crippen molar-refractivity contribution in [1.82, 2.24) is 0 Å². The molecule has 0 aromatic heterocycles. The summed E-state index contributed by atoms with van der Waals surface area (Å²) in [6, 6.07) is 0. The van der Waals surface area contributed by atoms with Crippen LogP contribution in [0.5, 0.6) is 0 Å². The highest BCUT2D eigenvalue weighted by Gasteiger charge is 2.54. The van der Waals surface area contributed by atoms with Crippen LogP contribution in [0.4, 0.5) is 0 Å². The Balaban J connectivity index is 0.000000145. The number of esters is 2. The predicted molar refractivity (Wildman–Crippen MR) is 187 cm³/mol. The first-order valence-electron chi connectivity index (χ1n) is 20.0. The second kappa shape index (κ2) is 15.3. The largest absolute Gasteiger partial charge is 0.481 e. The molecule has 7 heteroatoms. The molecule has 7 fully saturated rings. The number of aliphatic hydroxyl groups excluding tert-OH is 1. The standard InChI is InChI=1S/C18H30O2.C13H22O3.C10H16O2/c1-4-18(8-6-5-7-9-18)20-17(19)16-11-14-10-15(16)13(3)12(14)2;1-7(14)6-16-13(15)12-5-10-4-11(12)9(3)8(10)2;1-5-6(2)8-3-7(5)4-9(8)10(11)12/h12-16H,4-11H2,1-3H3;7-12,14H,4-6H2,1-3H3;5-9H,3-4H2,1-2H3,(H,11,12). The van der Waals surface area contributed by atoms with Crippen molar-refractivity contribution < 1.29 is 34.1 Å². The number of aliphatic carboxylic acids is 1. The van der Waals surface area contributed by atoms with Crippen molar-refractivity contribution in [3.8, 4) is 0 Å². The smallest absolute Gasteiger partial charge is 0.309 e. The average Bonchev–Trinajstić information content (AvgIpc) is 3.91. The Morgan fingerprint density at radius 2 is 1.06 bits per heavy atom. The third-order valence-corrected chi connectivity index (χ3v) is 15.8. The van der Waals surface area contributed by atoms with E-state index in [0.717, 1.165) is 62.2 Å². The van der Waals surface area contributed by atoms with E-state index < -0.39 is 12.1 Å². The van der Waals surface area contributed by atoms with Gasteiger partial charge in [0.25, 0.3) is 0 Å². The van der Waals surface area contributed by atoms with Gasteiger partial charge in [-0.25, -0.2) is 0 Å². The summed E-state index contributed by atoms with van der Waals surface area (Å²) in [4.78, 5) is 35.4. The van der Waals surface area contributed by atoms with Crippen molar-refractivity contribution in [2.75, 3.05) is 6.61 Å². The van der Waals surface area contributed by atoms with Crippen LogP contribution >= 0.6 is 0 Å². The van der Waals surface area contributed by atoms with Gasteiger partial charge in [0.1, 0.15) is 12.2 Å². The van der Waals surface area contributed by atoms with Crippen LogP contribution in [-0.4, -0.2) is 46.4 Å². The fourth-order valence-electron chi connectivity index (χ4n) is 12.0. The van der Waals surface area contributed by atoms with Crippen LogP contribution in [0.15, 0.2) is 0 Å². The van der Waals surface area contributed by atoms with Crippen molar-refractivity contribution in [3.05, 3.63) is 0 Å². The fraction of sp³-hybridized carbons (Fsp3) is 0.927. The van der Waals surface area contributed by atoms with Gasteiger partial charge in [-0.1, -0.05) is 54.9 Å². The zero-order valence-corrected chi connectivity index (χ0v) is 31.4. The Morgan fingerprint density at radius 3 is 1.44 bits per heavy atom. The number of carboxylic acids is 1. The number of carboxylic acid groups (broad SMARTS) is 1. The van der Waals surface area contributed by atoms with Gasteiger partial charge in [-0.15, -0.1) is 0 Å². The van der Waals surface area contributed by atoms with Crippen molar-refractivity contribution in [2.24, 2.45) is 88.8 Å². The molecule has 2 N–H and O–H groups in total. The Hall–Kier alpha value is -1.63. The van der Waals surface area contributed by atoms with E-state index >= 15 is 0 Å². The maximum Gasteiger partial charge on any atom is 0.309 e. The molecule has 0 spiro atoms. The molecule has 0 radical (unpaired) electrons. The topological polar surface area (TPSA) is 110 Å². The van der Waals surface area contributed by atoms with Gasteiger partial charge in [0, 0.05) is 0 Å². The lowest BCUT2D eigenvalue weighted by Crippen LogP contribution is -2.40. The molecule has 7 aliphatic rings.